The maximum atomic E-state index is 4.73. The van der Waals surface area contributed by atoms with Gasteiger partial charge in [-0.1, -0.05) is 30.3 Å². The van der Waals surface area contributed by atoms with Crippen molar-refractivity contribution >= 4 is 11.8 Å². The second-order valence-electron chi connectivity index (χ2n) is 6.68. The number of aromatic nitrogens is 1. The molecule has 2 rings (SSSR count). The van der Waals surface area contributed by atoms with Crippen LogP contribution in [0, 0.1) is 0 Å². The minimum atomic E-state index is 0.350. The Kier molecular flexibility index (Phi) is 7.93. The van der Waals surface area contributed by atoms with Crippen LogP contribution in [0.25, 0.3) is 0 Å². The molecule has 5 nitrogen and oxygen atoms in total. The van der Waals surface area contributed by atoms with Crippen LogP contribution in [0.1, 0.15) is 31.4 Å². The van der Waals surface area contributed by atoms with Gasteiger partial charge in [0.15, 0.2) is 5.96 Å². The molecule has 140 valence electrons. The first-order chi connectivity index (χ1) is 12.6. The quantitative estimate of drug-likeness (QED) is 0.565. The second-order valence-corrected chi connectivity index (χ2v) is 6.68. The van der Waals surface area contributed by atoms with Gasteiger partial charge in [-0.3, -0.25) is 0 Å². The Morgan fingerprint density at radius 3 is 2.62 bits per heavy atom. The maximum Gasteiger partial charge on any atom is 0.191 e. The van der Waals surface area contributed by atoms with Crippen LogP contribution in [0.4, 0.5) is 5.82 Å². The number of hydrogen-bond acceptors (Lipinski definition) is 3. The molecule has 5 heteroatoms. The molecular formula is C21H31N5. The van der Waals surface area contributed by atoms with E-state index in [2.05, 4.69) is 65.9 Å². The van der Waals surface area contributed by atoms with Crippen molar-refractivity contribution in [1.82, 2.24) is 15.6 Å². The molecule has 0 saturated heterocycles. The largest absolute Gasteiger partial charge is 0.363 e. The van der Waals surface area contributed by atoms with E-state index in [-0.39, 0.29) is 0 Å². The van der Waals surface area contributed by atoms with Gasteiger partial charge in [0.1, 0.15) is 5.82 Å². The van der Waals surface area contributed by atoms with Crippen LogP contribution < -0.4 is 15.5 Å². The number of nitrogens with zero attached hydrogens (tertiary/aromatic N) is 3. The van der Waals surface area contributed by atoms with Crippen LogP contribution in [-0.4, -0.2) is 37.6 Å². The fraction of sp³-hybridized carbons (Fsp3) is 0.429. The van der Waals surface area contributed by atoms with E-state index in [1.54, 1.807) is 0 Å². The molecule has 2 N–H and O–H groups in total. The van der Waals surface area contributed by atoms with Gasteiger partial charge in [-0.05, 0) is 49.9 Å². The van der Waals surface area contributed by atoms with Gasteiger partial charge >= 0.3 is 0 Å². The first-order valence-corrected chi connectivity index (χ1v) is 9.29. The molecule has 26 heavy (non-hydrogen) atoms. The van der Waals surface area contributed by atoms with Crippen LogP contribution in [-0.2, 0) is 13.0 Å². The lowest BCUT2D eigenvalue weighted by atomic mass is 10.1. The lowest BCUT2D eigenvalue weighted by Gasteiger charge is -2.18. The zero-order chi connectivity index (χ0) is 18.8. The summed E-state index contributed by atoms with van der Waals surface area (Å²) in [5.41, 5.74) is 2.52. The topological polar surface area (TPSA) is 52.6 Å². The average molecular weight is 354 g/mol. The summed E-state index contributed by atoms with van der Waals surface area (Å²) in [7, 11) is 3.99. The minimum absolute atomic E-state index is 0.350. The Hall–Kier alpha value is -2.56. The Labute approximate surface area is 157 Å². The molecule has 1 heterocycles. The summed E-state index contributed by atoms with van der Waals surface area (Å²) in [6.07, 6.45) is 3.96. The molecule has 0 aliphatic rings. The van der Waals surface area contributed by atoms with E-state index in [0.717, 1.165) is 36.7 Å². The third-order valence-electron chi connectivity index (χ3n) is 4.12. The van der Waals surface area contributed by atoms with Crippen LogP contribution in [0.15, 0.2) is 53.7 Å². The van der Waals surface area contributed by atoms with E-state index in [1.165, 1.54) is 5.56 Å². The molecule has 0 radical (unpaired) electrons. The molecule has 1 aromatic carbocycles. The van der Waals surface area contributed by atoms with Gasteiger partial charge in [-0.2, -0.15) is 0 Å². The normalized spacial score (nSPS) is 12.5. The number of nitrogens with one attached hydrogen (secondary N) is 2. The Balaban J connectivity index is 1.92. The first-order valence-electron chi connectivity index (χ1n) is 9.29. The summed E-state index contributed by atoms with van der Waals surface area (Å²) in [5, 5.41) is 6.84. The van der Waals surface area contributed by atoms with E-state index in [4.69, 9.17) is 4.99 Å². The number of hydrogen-bond donors (Lipinski definition) is 2. The van der Waals surface area contributed by atoms with E-state index < -0.39 is 0 Å². The van der Waals surface area contributed by atoms with Crippen LogP contribution in [0.3, 0.4) is 0 Å². The molecule has 0 spiro atoms. The number of rotatable bonds is 8. The van der Waals surface area contributed by atoms with Crippen molar-refractivity contribution in [2.75, 3.05) is 25.5 Å². The maximum absolute atomic E-state index is 4.73. The molecular weight excluding hydrogens is 322 g/mol. The Morgan fingerprint density at radius 1 is 1.15 bits per heavy atom. The van der Waals surface area contributed by atoms with Gasteiger partial charge in [0.05, 0.1) is 6.54 Å². The highest BCUT2D eigenvalue weighted by Gasteiger charge is 2.06. The van der Waals surface area contributed by atoms with Gasteiger partial charge in [-0.25, -0.2) is 9.98 Å². The van der Waals surface area contributed by atoms with Crippen molar-refractivity contribution in [2.45, 2.75) is 39.3 Å². The number of anilines is 1. The number of guanidine groups is 1. The van der Waals surface area contributed by atoms with Crippen molar-refractivity contribution in [1.29, 1.82) is 0 Å². The van der Waals surface area contributed by atoms with Crippen LogP contribution in [0.5, 0.6) is 0 Å². The fourth-order valence-corrected chi connectivity index (χ4v) is 2.63. The molecule has 1 unspecified atom stereocenters. The highest BCUT2D eigenvalue weighted by Crippen LogP contribution is 2.10. The summed E-state index contributed by atoms with van der Waals surface area (Å²) < 4.78 is 0. The van der Waals surface area contributed by atoms with Crippen molar-refractivity contribution in [3.63, 3.8) is 0 Å². The van der Waals surface area contributed by atoms with Gasteiger partial charge in [0.25, 0.3) is 0 Å². The third kappa shape index (κ3) is 6.75. The summed E-state index contributed by atoms with van der Waals surface area (Å²) >= 11 is 0. The predicted octanol–water partition coefficient (Wildman–Crippen LogP) is 3.22. The number of aryl methyl sites for hydroxylation is 1. The van der Waals surface area contributed by atoms with Crippen LogP contribution >= 0.6 is 0 Å². The molecule has 2 aromatic rings. The van der Waals surface area contributed by atoms with E-state index in [9.17, 15) is 0 Å². The van der Waals surface area contributed by atoms with Gasteiger partial charge in [0.2, 0.25) is 0 Å². The summed E-state index contributed by atoms with van der Waals surface area (Å²) in [5.74, 6) is 1.81. The van der Waals surface area contributed by atoms with Crippen molar-refractivity contribution in [2.24, 2.45) is 4.99 Å². The number of aliphatic imine (C=N–C) groups is 1. The van der Waals surface area contributed by atoms with Crippen molar-refractivity contribution < 1.29 is 0 Å². The zero-order valence-electron chi connectivity index (χ0n) is 16.4. The number of benzene rings is 1. The highest BCUT2D eigenvalue weighted by molar-refractivity contribution is 5.80. The Morgan fingerprint density at radius 2 is 1.92 bits per heavy atom. The summed E-state index contributed by atoms with van der Waals surface area (Å²) in [6.45, 7) is 5.76. The summed E-state index contributed by atoms with van der Waals surface area (Å²) in [4.78, 5) is 11.1. The van der Waals surface area contributed by atoms with E-state index in [1.807, 2.05) is 31.3 Å². The molecule has 0 bridgehead atoms. The molecule has 0 saturated carbocycles. The van der Waals surface area contributed by atoms with Crippen LogP contribution in [0.2, 0.25) is 0 Å². The molecule has 0 fully saturated rings. The SMILES string of the molecule is CCNC(=NCc1ccnc(N(C)C)c1)NC(C)CCc1ccccc1. The standard InChI is InChI=1S/C21H31N5/c1-5-22-21(24-16-19-13-14-23-20(15-19)26(3)4)25-17(2)11-12-18-9-7-6-8-10-18/h6-10,13-15,17H,5,11-12,16H2,1-4H3,(H2,22,24,25). The highest BCUT2D eigenvalue weighted by atomic mass is 15.2. The molecule has 0 aliphatic carbocycles. The van der Waals surface area contributed by atoms with E-state index in [0.29, 0.717) is 12.6 Å². The second kappa shape index (κ2) is 10.4. The van der Waals surface area contributed by atoms with E-state index >= 15 is 0 Å². The zero-order valence-corrected chi connectivity index (χ0v) is 16.4. The lowest BCUT2D eigenvalue weighted by molar-refractivity contribution is 0.593. The molecule has 1 atom stereocenters. The van der Waals surface area contributed by atoms with Gasteiger partial charge in [-0.15, -0.1) is 0 Å². The third-order valence-corrected chi connectivity index (χ3v) is 4.12. The van der Waals surface area contributed by atoms with Gasteiger partial charge < -0.3 is 15.5 Å². The number of pyridine rings is 1. The smallest absolute Gasteiger partial charge is 0.191 e. The first kappa shape index (κ1) is 19.8. The Bertz CT molecular complexity index is 682. The average Bonchev–Trinajstić information content (AvgIpc) is 2.66. The predicted molar refractivity (Wildman–Crippen MR) is 111 cm³/mol. The van der Waals surface area contributed by atoms with Crippen molar-refractivity contribution in [3.8, 4) is 0 Å². The molecule has 1 aromatic heterocycles. The minimum Gasteiger partial charge on any atom is -0.363 e. The van der Waals surface area contributed by atoms with Gasteiger partial charge in [0, 0.05) is 32.9 Å². The lowest BCUT2D eigenvalue weighted by Crippen LogP contribution is -2.42. The summed E-state index contributed by atoms with van der Waals surface area (Å²) in [6, 6.07) is 15.0. The monoisotopic (exact) mass is 353 g/mol. The molecule has 0 aliphatic heterocycles. The van der Waals surface area contributed by atoms with Crippen molar-refractivity contribution in [3.05, 3.63) is 59.8 Å². The molecule has 0 amide bonds. The fourth-order valence-electron chi connectivity index (χ4n) is 2.63.